The second kappa shape index (κ2) is 6.59. The van der Waals surface area contributed by atoms with Crippen molar-refractivity contribution in [2.45, 2.75) is 50.7 Å². The molecule has 3 rings (SSSR count). The van der Waals surface area contributed by atoms with Crippen molar-refractivity contribution in [1.82, 2.24) is 4.90 Å². The topological polar surface area (TPSA) is 38.5 Å². The SMILES string of the molecule is NC(CN1CCCC1)c1ccc(OC2CCCC2)cc1. The van der Waals surface area contributed by atoms with Crippen molar-refractivity contribution >= 4 is 0 Å². The number of hydrogen-bond donors (Lipinski definition) is 1. The summed E-state index contributed by atoms with van der Waals surface area (Å²) >= 11 is 0. The highest BCUT2D eigenvalue weighted by atomic mass is 16.5. The minimum Gasteiger partial charge on any atom is -0.490 e. The number of hydrogen-bond acceptors (Lipinski definition) is 3. The van der Waals surface area contributed by atoms with Crippen molar-refractivity contribution in [3.05, 3.63) is 29.8 Å². The van der Waals surface area contributed by atoms with Gasteiger partial charge in [-0.25, -0.2) is 0 Å². The van der Waals surface area contributed by atoms with Crippen LogP contribution >= 0.6 is 0 Å². The van der Waals surface area contributed by atoms with Crippen LogP contribution in [0.25, 0.3) is 0 Å². The molecule has 3 nitrogen and oxygen atoms in total. The molecule has 1 aromatic carbocycles. The van der Waals surface area contributed by atoms with Crippen molar-refractivity contribution < 1.29 is 4.74 Å². The third-order valence-corrected chi connectivity index (χ3v) is 4.57. The van der Waals surface area contributed by atoms with Crippen molar-refractivity contribution in [2.24, 2.45) is 5.73 Å². The molecule has 1 aromatic rings. The van der Waals surface area contributed by atoms with Crippen LogP contribution in [0.2, 0.25) is 0 Å². The van der Waals surface area contributed by atoms with E-state index < -0.39 is 0 Å². The highest BCUT2D eigenvalue weighted by molar-refractivity contribution is 5.29. The molecule has 3 heteroatoms. The fourth-order valence-corrected chi connectivity index (χ4v) is 3.34. The summed E-state index contributed by atoms with van der Waals surface area (Å²) < 4.78 is 5.99. The van der Waals surface area contributed by atoms with E-state index in [1.807, 2.05) is 0 Å². The molecule has 2 aliphatic rings. The van der Waals surface area contributed by atoms with Gasteiger partial charge in [-0.1, -0.05) is 12.1 Å². The second-order valence-electron chi connectivity index (χ2n) is 6.21. The zero-order valence-electron chi connectivity index (χ0n) is 12.3. The molecule has 2 fully saturated rings. The van der Waals surface area contributed by atoms with Crippen molar-refractivity contribution in [2.75, 3.05) is 19.6 Å². The average molecular weight is 274 g/mol. The minimum absolute atomic E-state index is 0.119. The van der Waals surface area contributed by atoms with Gasteiger partial charge in [0.1, 0.15) is 5.75 Å². The van der Waals surface area contributed by atoms with Gasteiger partial charge in [0, 0.05) is 12.6 Å². The summed E-state index contributed by atoms with van der Waals surface area (Å²) in [5.41, 5.74) is 7.52. The van der Waals surface area contributed by atoms with Crippen LogP contribution < -0.4 is 10.5 Å². The van der Waals surface area contributed by atoms with Crippen LogP contribution in [0.4, 0.5) is 0 Å². The van der Waals surface area contributed by atoms with Gasteiger partial charge >= 0.3 is 0 Å². The standard InChI is InChI=1S/C17H26N2O/c18-17(13-19-11-3-4-12-19)14-7-9-16(10-8-14)20-15-5-1-2-6-15/h7-10,15,17H,1-6,11-13,18H2. The Morgan fingerprint density at radius 3 is 2.35 bits per heavy atom. The first-order valence-electron chi connectivity index (χ1n) is 8.06. The number of benzene rings is 1. The van der Waals surface area contributed by atoms with Gasteiger partial charge in [0.05, 0.1) is 6.10 Å². The Hall–Kier alpha value is -1.06. The lowest BCUT2D eigenvalue weighted by Crippen LogP contribution is -2.29. The van der Waals surface area contributed by atoms with Gasteiger partial charge in [0.2, 0.25) is 0 Å². The Balaban J connectivity index is 1.54. The van der Waals surface area contributed by atoms with Crippen molar-refractivity contribution in [3.63, 3.8) is 0 Å². The van der Waals surface area contributed by atoms with Gasteiger partial charge < -0.3 is 15.4 Å². The molecule has 2 N–H and O–H groups in total. The molecule has 0 amide bonds. The summed E-state index contributed by atoms with van der Waals surface area (Å²) in [6, 6.07) is 8.54. The summed E-state index contributed by atoms with van der Waals surface area (Å²) in [5, 5.41) is 0. The smallest absolute Gasteiger partial charge is 0.119 e. The lowest BCUT2D eigenvalue weighted by atomic mass is 10.1. The number of ether oxygens (including phenoxy) is 1. The van der Waals surface area contributed by atoms with Crippen LogP contribution in [0.1, 0.15) is 50.1 Å². The first-order valence-corrected chi connectivity index (χ1v) is 8.06. The Bertz CT molecular complexity index is 406. The molecule has 0 spiro atoms. The summed E-state index contributed by atoms with van der Waals surface area (Å²) in [5.74, 6) is 0.994. The molecule has 1 aliphatic carbocycles. The predicted molar refractivity (Wildman–Crippen MR) is 81.9 cm³/mol. The summed E-state index contributed by atoms with van der Waals surface area (Å²) in [7, 11) is 0. The first kappa shape index (κ1) is 13.9. The van der Waals surface area contributed by atoms with Crippen LogP contribution in [-0.4, -0.2) is 30.6 Å². The molecule has 1 unspecified atom stereocenters. The molecule has 0 aromatic heterocycles. The van der Waals surface area contributed by atoms with E-state index in [0.29, 0.717) is 6.10 Å². The Kier molecular flexibility index (Phi) is 4.58. The quantitative estimate of drug-likeness (QED) is 0.896. The van der Waals surface area contributed by atoms with E-state index in [0.717, 1.165) is 12.3 Å². The molecular formula is C17H26N2O. The Morgan fingerprint density at radius 1 is 1.05 bits per heavy atom. The number of nitrogens with zero attached hydrogens (tertiary/aromatic N) is 1. The molecular weight excluding hydrogens is 248 g/mol. The molecule has 1 saturated carbocycles. The van der Waals surface area contributed by atoms with Gasteiger partial charge in [-0.15, -0.1) is 0 Å². The zero-order chi connectivity index (χ0) is 13.8. The molecule has 1 heterocycles. The van der Waals surface area contributed by atoms with Crippen LogP contribution in [0.15, 0.2) is 24.3 Å². The van der Waals surface area contributed by atoms with Gasteiger partial charge in [0.15, 0.2) is 0 Å². The molecule has 0 bridgehead atoms. The highest BCUT2D eigenvalue weighted by Crippen LogP contribution is 2.25. The number of likely N-dealkylation sites (tertiary alicyclic amines) is 1. The average Bonchev–Trinajstić information content (AvgIpc) is 3.13. The van der Waals surface area contributed by atoms with Gasteiger partial charge in [0.25, 0.3) is 0 Å². The van der Waals surface area contributed by atoms with Crippen molar-refractivity contribution in [1.29, 1.82) is 0 Å². The zero-order valence-corrected chi connectivity index (χ0v) is 12.3. The normalized spacial score (nSPS) is 22.2. The Labute approximate surface area is 122 Å². The lowest BCUT2D eigenvalue weighted by molar-refractivity contribution is 0.210. The van der Waals surface area contributed by atoms with E-state index in [9.17, 15) is 0 Å². The monoisotopic (exact) mass is 274 g/mol. The minimum atomic E-state index is 0.119. The van der Waals surface area contributed by atoms with E-state index in [4.69, 9.17) is 10.5 Å². The molecule has 0 radical (unpaired) electrons. The van der Waals surface area contributed by atoms with E-state index in [1.165, 1.54) is 57.2 Å². The maximum absolute atomic E-state index is 6.31. The lowest BCUT2D eigenvalue weighted by Gasteiger charge is -2.21. The predicted octanol–water partition coefficient (Wildman–Crippen LogP) is 3.10. The first-order chi connectivity index (χ1) is 9.81. The third-order valence-electron chi connectivity index (χ3n) is 4.57. The van der Waals surface area contributed by atoms with E-state index in [2.05, 4.69) is 29.2 Å². The highest BCUT2D eigenvalue weighted by Gasteiger charge is 2.18. The Morgan fingerprint density at radius 2 is 1.70 bits per heavy atom. The molecule has 110 valence electrons. The van der Waals surface area contributed by atoms with Crippen LogP contribution in [0.5, 0.6) is 5.75 Å². The fraction of sp³-hybridized carbons (Fsp3) is 0.647. The maximum Gasteiger partial charge on any atom is 0.119 e. The molecule has 20 heavy (non-hydrogen) atoms. The maximum atomic E-state index is 6.31. The van der Waals surface area contributed by atoms with Crippen LogP contribution in [0, 0.1) is 0 Å². The summed E-state index contributed by atoms with van der Waals surface area (Å²) in [6.07, 6.45) is 8.10. The second-order valence-corrected chi connectivity index (χ2v) is 6.21. The third kappa shape index (κ3) is 3.53. The van der Waals surface area contributed by atoms with Crippen LogP contribution in [0.3, 0.4) is 0 Å². The molecule has 1 aliphatic heterocycles. The van der Waals surface area contributed by atoms with Crippen molar-refractivity contribution in [3.8, 4) is 5.75 Å². The van der Waals surface area contributed by atoms with Crippen LogP contribution in [-0.2, 0) is 0 Å². The summed E-state index contributed by atoms with van der Waals surface area (Å²) in [6.45, 7) is 3.38. The number of nitrogens with two attached hydrogens (primary N) is 1. The fourth-order valence-electron chi connectivity index (χ4n) is 3.34. The van der Waals surface area contributed by atoms with Gasteiger partial charge in [-0.05, 0) is 69.3 Å². The molecule has 1 atom stereocenters. The summed E-state index contributed by atoms with van der Waals surface area (Å²) in [4.78, 5) is 2.47. The van der Waals surface area contributed by atoms with Gasteiger partial charge in [-0.3, -0.25) is 0 Å². The van der Waals surface area contributed by atoms with E-state index >= 15 is 0 Å². The molecule has 1 saturated heterocycles. The van der Waals surface area contributed by atoms with Gasteiger partial charge in [-0.2, -0.15) is 0 Å². The largest absolute Gasteiger partial charge is 0.490 e. The van der Waals surface area contributed by atoms with E-state index in [-0.39, 0.29) is 6.04 Å². The number of rotatable bonds is 5. The van der Waals surface area contributed by atoms with E-state index in [1.54, 1.807) is 0 Å².